The average Bonchev–Trinajstić information content (AvgIpc) is 2.95. The number of carbonyl (C=O) groups is 1. The molecule has 6 nitrogen and oxygen atoms in total. The summed E-state index contributed by atoms with van der Waals surface area (Å²) < 4.78 is 0. The van der Waals surface area contributed by atoms with Crippen molar-refractivity contribution in [3.63, 3.8) is 0 Å². The topological polar surface area (TPSA) is 61.4 Å². The van der Waals surface area contributed by atoms with Gasteiger partial charge in [-0.15, -0.1) is 5.10 Å². The van der Waals surface area contributed by atoms with Crippen LogP contribution in [0.4, 0.5) is 10.6 Å². The van der Waals surface area contributed by atoms with Gasteiger partial charge in [0.05, 0.1) is 5.69 Å². The van der Waals surface area contributed by atoms with Gasteiger partial charge in [0.25, 0.3) is 0 Å². The molecule has 20 heavy (non-hydrogen) atoms. The molecule has 2 heterocycles. The van der Waals surface area contributed by atoms with Crippen molar-refractivity contribution in [2.75, 3.05) is 37.6 Å². The third-order valence-corrected chi connectivity index (χ3v) is 4.03. The lowest BCUT2D eigenvalue weighted by molar-refractivity contribution is 0.195. The zero-order chi connectivity index (χ0) is 13.9. The van der Waals surface area contributed by atoms with E-state index in [1.165, 1.54) is 12.0 Å². The van der Waals surface area contributed by atoms with Gasteiger partial charge in [0.1, 0.15) is 0 Å². The highest BCUT2D eigenvalue weighted by Crippen LogP contribution is 2.23. The standard InChI is InChI=1S/C14H21N5O/c1-2-15-14(20)19-8-6-18(7-9-19)13-10-11-4-3-5-12(11)16-17-13/h10H,2-9H2,1H3,(H,15,20). The Morgan fingerprint density at radius 1 is 1.25 bits per heavy atom. The molecule has 1 aromatic heterocycles. The fourth-order valence-electron chi connectivity index (χ4n) is 2.87. The number of anilines is 1. The van der Waals surface area contributed by atoms with Crippen LogP contribution in [0.25, 0.3) is 0 Å². The largest absolute Gasteiger partial charge is 0.352 e. The summed E-state index contributed by atoms with van der Waals surface area (Å²) in [6.45, 7) is 5.74. The second kappa shape index (κ2) is 5.64. The molecule has 2 aliphatic rings. The molecule has 0 aromatic carbocycles. The van der Waals surface area contributed by atoms with E-state index in [2.05, 4.69) is 26.5 Å². The maximum atomic E-state index is 11.8. The van der Waals surface area contributed by atoms with Crippen LogP contribution in [-0.4, -0.2) is 53.9 Å². The van der Waals surface area contributed by atoms with Gasteiger partial charge in [0, 0.05) is 32.7 Å². The van der Waals surface area contributed by atoms with Crippen molar-refractivity contribution in [1.29, 1.82) is 0 Å². The summed E-state index contributed by atoms with van der Waals surface area (Å²) in [6.07, 6.45) is 3.38. The fourth-order valence-corrected chi connectivity index (χ4v) is 2.87. The van der Waals surface area contributed by atoms with E-state index in [1.54, 1.807) is 0 Å². The smallest absolute Gasteiger partial charge is 0.317 e. The molecule has 2 amide bonds. The highest BCUT2D eigenvalue weighted by molar-refractivity contribution is 5.74. The number of aryl methyl sites for hydroxylation is 2. The number of nitrogens with one attached hydrogen (secondary N) is 1. The molecule has 1 fully saturated rings. The Labute approximate surface area is 119 Å². The Morgan fingerprint density at radius 3 is 2.80 bits per heavy atom. The van der Waals surface area contributed by atoms with Crippen LogP contribution in [0.3, 0.4) is 0 Å². The monoisotopic (exact) mass is 275 g/mol. The number of amides is 2. The van der Waals surface area contributed by atoms with Gasteiger partial charge in [-0.2, -0.15) is 5.10 Å². The predicted molar refractivity (Wildman–Crippen MR) is 76.9 cm³/mol. The third kappa shape index (κ3) is 2.55. The van der Waals surface area contributed by atoms with Crippen molar-refractivity contribution < 1.29 is 4.79 Å². The number of piperazine rings is 1. The molecule has 0 saturated carbocycles. The van der Waals surface area contributed by atoms with E-state index in [-0.39, 0.29) is 6.03 Å². The molecule has 0 spiro atoms. The molecule has 1 aliphatic carbocycles. The highest BCUT2D eigenvalue weighted by atomic mass is 16.2. The SMILES string of the molecule is CCNC(=O)N1CCN(c2cc3c(nn2)CCC3)CC1. The minimum atomic E-state index is 0.0344. The number of hydrogen-bond donors (Lipinski definition) is 1. The second-order valence-corrected chi connectivity index (χ2v) is 5.34. The zero-order valence-electron chi connectivity index (χ0n) is 11.9. The summed E-state index contributed by atoms with van der Waals surface area (Å²) in [5.74, 6) is 0.959. The van der Waals surface area contributed by atoms with Gasteiger partial charge in [0.15, 0.2) is 5.82 Å². The number of rotatable bonds is 2. The van der Waals surface area contributed by atoms with Crippen LogP contribution < -0.4 is 10.2 Å². The predicted octanol–water partition coefficient (Wildman–Crippen LogP) is 0.817. The Kier molecular flexibility index (Phi) is 3.71. The first kappa shape index (κ1) is 13.1. The Hall–Kier alpha value is -1.85. The van der Waals surface area contributed by atoms with Crippen molar-refractivity contribution in [1.82, 2.24) is 20.4 Å². The Balaban J connectivity index is 1.62. The molecular formula is C14H21N5O. The van der Waals surface area contributed by atoms with Gasteiger partial charge in [-0.25, -0.2) is 4.79 Å². The normalized spacial score (nSPS) is 18.1. The van der Waals surface area contributed by atoms with Crippen LogP contribution in [-0.2, 0) is 12.8 Å². The van der Waals surface area contributed by atoms with E-state index < -0.39 is 0 Å². The lowest BCUT2D eigenvalue weighted by Crippen LogP contribution is -2.52. The van der Waals surface area contributed by atoms with Crippen LogP contribution >= 0.6 is 0 Å². The van der Waals surface area contributed by atoms with Gasteiger partial charge in [-0.1, -0.05) is 0 Å². The molecule has 3 rings (SSSR count). The lowest BCUT2D eigenvalue weighted by Gasteiger charge is -2.35. The van der Waals surface area contributed by atoms with Gasteiger partial charge < -0.3 is 15.1 Å². The van der Waals surface area contributed by atoms with E-state index in [0.717, 1.165) is 50.5 Å². The molecule has 1 aromatic rings. The number of fused-ring (bicyclic) bond motifs is 1. The quantitative estimate of drug-likeness (QED) is 0.868. The van der Waals surface area contributed by atoms with Crippen LogP contribution in [0.2, 0.25) is 0 Å². The minimum absolute atomic E-state index is 0.0344. The maximum absolute atomic E-state index is 11.8. The first-order chi connectivity index (χ1) is 9.78. The summed E-state index contributed by atoms with van der Waals surface area (Å²) in [5.41, 5.74) is 2.51. The summed E-state index contributed by atoms with van der Waals surface area (Å²) >= 11 is 0. The summed E-state index contributed by atoms with van der Waals surface area (Å²) in [6, 6.07) is 2.21. The number of urea groups is 1. The van der Waals surface area contributed by atoms with Crippen LogP contribution in [0.5, 0.6) is 0 Å². The van der Waals surface area contributed by atoms with Crippen molar-refractivity contribution in [3.8, 4) is 0 Å². The molecule has 0 radical (unpaired) electrons. The lowest BCUT2D eigenvalue weighted by atomic mass is 10.2. The summed E-state index contributed by atoms with van der Waals surface area (Å²) in [7, 11) is 0. The maximum Gasteiger partial charge on any atom is 0.317 e. The van der Waals surface area contributed by atoms with Gasteiger partial charge >= 0.3 is 6.03 Å². The highest BCUT2D eigenvalue weighted by Gasteiger charge is 2.23. The number of carbonyl (C=O) groups excluding carboxylic acids is 1. The molecule has 1 aliphatic heterocycles. The third-order valence-electron chi connectivity index (χ3n) is 4.03. The molecule has 0 atom stereocenters. The van der Waals surface area contributed by atoms with Crippen molar-refractivity contribution in [3.05, 3.63) is 17.3 Å². The Bertz CT molecular complexity index is 496. The van der Waals surface area contributed by atoms with Crippen LogP contribution in [0.15, 0.2) is 6.07 Å². The Morgan fingerprint density at radius 2 is 2.05 bits per heavy atom. The first-order valence-electron chi connectivity index (χ1n) is 7.41. The molecule has 1 N–H and O–H groups in total. The van der Waals surface area contributed by atoms with E-state index in [0.29, 0.717) is 6.54 Å². The van der Waals surface area contributed by atoms with Crippen molar-refractivity contribution in [2.45, 2.75) is 26.2 Å². The number of hydrogen-bond acceptors (Lipinski definition) is 4. The molecular weight excluding hydrogens is 254 g/mol. The van der Waals surface area contributed by atoms with E-state index in [1.807, 2.05) is 11.8 Å². The molecule has 108 valence electrons. The van der Waals surface area contributed by atoms with Crippen LogP contribution in [0, 0.1) is 0 Å². The van der Waals surface area contributed by atoms with Crippen LogP contribution in [0.1, 0.15) is 24.6 Å². The molecule has 6 heteroatoms. The summed E-state index contributed by atoms with van der Waals surface area (Å²) in [4.78, 5) is 15.8. The first-order valence-corrected chi connectivity index (χ1v) is 7.41. The van der Waals surface area contributed by atoms with E-state index >= 15 is 0 Å². The van der Waals surface area contributed by atoms with Crippen molar-refractivity contribution in [2.24, 2.45) is 0 Å². The summed E-state index contributed by atoms with van der Waals surface area (Å²) in [5, 5.41) is 11.5. The van der Waals surface area contributed by atoms with Crippen molar-refractivity contribution >= 4 is 11.8 Å². The number of nitrogens with zero attached hydrogens (tertiary/aromatic N) is 4. The fraction of sp³-hybridized carbons (Fsp3) is 0.643. The molecule has 0 bridgehead atoms. The molecule has 1 saturated heterocycles. The number of aromatic nitrogens is 2. The zero-order valence-corrected chi connectivity index (χ0v) is 11.9. The van der Waals surface area contributed by atoms with E-state index in [9.17, 15) is 4.79 Å². The van der Waals surface area contributed by atoms with Gasteiger partial charge in [0.2, 0.25) is 0 Å². The molecule has 0 unspecified atom stereocenters. The second-order valence-electron chi connectivity index (χ2n) is 5.34. The average molecular weight is 275 g/mol. The van der Waals surface area contributed by atoms with Gasteiger partial charge in [-0.3, -0.25) is 0 Å². The van der Waals surface area contributed by atoms with E-state index in [4.69, 9.17) is 0 Å². The van der Waals surface area contributed by atoms with Gasteiger partial charge in [-0.05, 0) is 37.8 Å². The minimum Gasteiger partial charge on any atom is -0.352 e.